The summed E-state index contributed by atoms with van der Waals surface area (Å²) in [7, 11) is 0. The van der Waals surface area contributed by atoms with Gasteiger partial charge in [0.05, 0.1) is 11.9 Å². The first-order valence-electron chi connectivity index (χ1n) is 9.45. The Morgan fingerprint density at radius 3 is 2.70 bits per heavy atom. The van der Waals surface area contributed by atoms with E-state index in [4.69, 9.17) is 15.5 Å². The number of hydrogen-bond acceptors (Lipinski definition) is 5. The zero-order chi connectivity index (χ0) is 18.6. The average molecular weight is 380 g/mol. The van der Waals surface area contributed by atoms with E-state index in [0.29, 0.717) is 12.5 Å². The van der Waals surface area contributed by atoms with Gasteiger partial charge in [0.25, 0.3) is 0 Å². The minimum Gasteiger partial charge on any atom is -0.489 e. The Balaban J connectivity index is 1.38. The Bertz CT molecular complexity index is 874. The molecule has 0 spiro atoms. The highest BCUT2D eigenvalue weighted by Gasteiger charge is 2.24. The lowest BCUT2D eigenvalue weighted by atomic mass is 9.85. The Labute approximate surface area is 164 Å². The van der Waals surface area contributed by atoms with Crippen LogP contribution >= 0.6 is 11.3 Å². The number of nitrogens with zero attached hydrogens (tertiary/aromatic N) is 1. The van der Waals surface area contributed by atoms with Gasteiger partial charge in [-0.25, -0.2) is 4.98 Å². The van der Waals surface area contributed by atoms with Gasteiger partial charge in [-0.15, -0.1) is 11.3 Å². The number of nitrogens with two attached hydrogens (primary N) is 1. The summed E-state index contributed by atoms with van der Waals surface area (Å²) in [5.41, 5.74) is 9.62. The van der Waals surface area contributed by atoms with E-state index in [9.17, 15) is 0 Å². The van der Waals surface area contributed by atoms with Crippen LogP contribution in [-0.4, -0.2) is 11.1 Å². The van der Waals surface area contributed by atoms with Crippen molar-refractivity contribution in [3.8, 4) is 5.75 Å². The van der Waals surface area contributed by atoms with Gasteiger partial charge in [0.2, 0.25) is 0 Å². The predicted octanol–water partition coefficient (Wildman–Crippen LogP) is 4.71. The van der Waals surface area contributed by atoms with Crippen molar-refractivity contribution in [2.75, 3.05) is 5.32 Å². The predicted molar refractivity (Wildman–Crippen MR) is 111 cm³/mol. The van der Waals surface area contributed by atoms with Crippen LogP contribution in [0.4, 0.5) is 5.13 Å². The monoisotopic (exact) mass is 379 g/mol. The molecule has 1 aliphatic rings. The molecule has 0 fully saturated rings. The first-order valence-corrected chi connectivity index (χ1v) is 10.3. The zero-order valence-corrected chi connectivity index (χ0v) is 16.3. The molecule has 3 N–H and O–H groups in total. The normalized spacial score (nSPS) is 17.2. The van der Waals surface area contributed by atoms with E-state index < -0.39 is 0 Å². The van der Waals surface area contributed by atoms with Gasteiger partial charge in [0, 0.05) is 4.88 Å². The van der Waals surface area contributed by atoms with Crippen LogP contribution in [0.3, 0.4) is 0 Å². The minimum absolute atomic E-state index is 0.0724. The maximum absolute atomic E-state index is 5.90. The average Bonchev–Trinajstić information content (AvgIpc) is 3.08. The van der Waals surface area contributed by atoms with Crippen LogP contribution in [0.1, 0.15) is 41.0 Å². The number of aromatic nitrogens is 1. The Morgan fingerprint density at radius 2 is 1.96 bits per heavy atom. The number of benzene rings is 2. The Kier molecular flexibility index (Phi) is 5.41. The molecular weight excluding hydrogens is 354 g/mol. The third-order valence-corrected chi connectivity index (χ3v) is 5.94. The molecule has 2 atom stereocenters. The van der Waals surface area contributed by atoms with Crippen LogP contribution in [-0.2, 0) is 19.4 Å². The Hall–Kier alpha value is -2.37. The largest absolute Gasteiger partial charge is 0.489 e. The van der Waals surface area contributed by atoms with Crippen molar-refractivity contribution >= 4 is 16.5 Å². The highest BCUT2D eigenvalue weighted by Crippen LogP contribution is 2.37. The summed E-state index contributed by atoms with van der Waals surface area (Å²) in [4.78, 5) is 6.08. The number of nitrogens with one attached hydrogen (secondary N) is 1. The first-order chi connectivity index (χ1) is 13.2. The van der Waals surface area contributed by atoms with Gasteiger partial charge in [-0.05, 0) is 55.4 Å². The molecule has 0 saturated heterocycles. The summed E-state index contributed by atoms with van der Waals surface area (Å²) >= 11 is 1.74. The van der Waals surface area contributed by atoms with Crippen molar-refractivity contribution in [2.45, 2.75) is 44.9 Å². The quantitative estimate of drug-likeness (QED) is 0.609. The molecule has 0 aliphatic heterocycles. The fraction of sp³-hybridized carbons (Fsp3) is 0.318. The van der Waals surface area contributed by atoms with E-state index in [1.54, 1.807) is 11.3 Å². The van der Waals surface area contributed by atoms with Crippen LogP contribution in [0, 0.1) is 0 Å². The molecule has 0 bridgehead atoms. The summed E-state index contributed by atoms with van der Waals surface area (Å²) in [6.07, 6.45) is 3.15. The highest BCUT2D eigenvalue weighted by molar-refractivity contribution is 7.15. The van der Waals surface area contributed by atoms with Crippen molar-refractivity contribution in [3.05, 3.63) is 76.3 Å². The summed E-state index contributed by atoms with van der Waals surface area (Å²) in [5.74, 6) is 1.46. The minimum atomic E-state index is -0.0724. The molecule has 1 unspecified atom stereocenters. The van der Waals surface area contributed by atoms with Gasteiger partial charge < -0.3 is 15.8 Å². The highest BCUT2D eigenvalue weighted by atomic mass is 32.1. The van der Waals surface area contributed by atoms with E-state index in [0.717, 1.165) is 30.1 Å². The van der Waals surface area contributed by atoms with Crippen LogP contribution in [0.2, 0.25) is 0 Å². The molecule has 3 aromatic rings. The summed E-state index contributed by atoms with van der Waals surface area (Å²) in [6, 6.07) is 18.8. The smallest absolute Gasteiger partial charge is 0.184 e. The lowest BCUT2D eigenvalue weighted by Gasteiger charge is -2.21. The van der Waals surface area contributed by atoms with Crippen molar-refractivity contribution in [1.82, 2.24) is 4.98 Å². The SMILES string of the molecule is C[C@H](N)Nc1nc2c(s1)CC(c1ccc(OCc3ccccc3)cc1)CC2. The molecule has 1 aromatic heterocycles. The second kappa shape index (κ2) is 8.11. The molecule has 5 heteroatoms. The van der Waals surface area contributed by atoms with Crippen molar-refractivity contribution < 1.29 is 4.74 Å². The second-order valence-electron chi connectivity index (χ2n) is 7.10. The molecular formula is C22H25N3OS. The van der Waals surface area contributed by atoms with E-state index in [2.05, 4.69) is 41.7 Å². The van der Waals surface area contributed by atoms with E-state index in [1.807, 2.05) is 25.1 Å². The van der Waals surface area contributed by atoms with Gasteiger partial charge in [-0.3, -0.25) is 0 Å². The second-order valence-corrected chi connectivity index (χ2v) is 8.19. The zero-order valence-electron chi connectivity index (χ0n) is 15.5. The lowest BCUT2D eigenvalue weighted by Crippen LogP contribution is -2.25. The number of thiazole rings is 1. The molecule has 4 nitrogen and oxygen atoms in total. The van der Waals surface area contributed by atoms with E-state index >= 15 is 0 Å². The van der Waals surface area contributed by atoms with Gasteiger partial charge in [0.1, 0.15) is 12.4 Å². The molecule has 1 heterocycles. The van der Waals surface area contributed by atoms with Crippen molar-refractivity contribution in [2.24, 2.45) is 5.73 Å². The Morgan fingerprint density at radius 1 is 1.19 bits per heavy atom. The van der Waals surface area contributed by atoms with Gasteiger partial charge in [-0.2, -0.15) is 0 Å². The van der Waals surface area contributed by atoms with Gasteiger partial charge in [-0.1, -0.05) is 42.5 Å². The van der Waals surface area contributed by atoms with Crippen molar-refractivity contribution in [3.63, 3.8) is 0 Å². The third-order valence-electron chi connectivity index (χ3n) is 4.89. The first kappa shape index (κ1) is 18.0. The molecule has 0 radical (unpaired) electrons. The van der Waals surface area contributed by atoms with Crippen LogP contribution in [0.5, 0.6) is 5.75 Å². The molecule has 0 amide bonds. The number of hydrogen-bond donors (Lipinski definition) is 2. The standard InChI is InChI=1S/C22H25N3OS/c1-15(23)24-22-25-20-12-9-18(13-21(20)27-22)17-7-10-19(11-8-17)26-14-16-5-3-2-4-6-16/h2-8,10-11,15,18H,9,12-14,23H2,1H3,(H,24,25)/t15-,18?/m1/s1. The summed E-state index contributed by atoms with van der Waals surface area (Å²) in [5, 5.41) is 4.16. The number of aryl methyl sites for hydroxylation is 1. The maximum atomic E-state index is 5.90. The summed E-state index contributed by atoms with van der Waals surface area (Å²) < 4.78 is 5.90. The molecule has 27 heavy (non-hydrogen) atoms. The van der Waals surface area contributed by atoms with Crippen LogP contribution < -0.4 is 15.8 Å². The van der Waals surface area contributed by atoms with Crippen molar-refractivity contribution in [1.29, 1.82) is 0 Å². The fourth-order valence-electron chi connectivity index (χ4n) is 3.49. The van der Waals surface area contributed by atoms with Crippen LogP contribution in [0.25, 0.3) is 0 Å². The van der Waals surface area contributed by atoms with E-state index in [-0.39, 0.29) is 6.17 Å². The third kappa shape index (κ3) is 4.49. The molecule has 2 aromatic carbocycles. The molecule has 0 saturated carbocycles. The molecule has 140 valence electrons. The van der Waals surface area contributed by atoms with Gasteiger partial charge >= 0.3 is 0 Å². The molecule has 4 rings (SSSR count). The number of ether oxygens (including phenoxy) is 1. The lowest BCUT2D eigenvalue weighted by molar-refractivity contribution is 0.306. The number of anilines is 1. The van der Waals surface area contributed by atoms with Crippen LogP contribution in [0.15, 0.2) is 54.6 Å². The number of fused-ring (bicyclic) bond motifs is 1. The van der Waals surface area contributed by atoms with Gasteiger partial charge in [0.15, 0.2) is 5.13 Å². The number of rotatable bonds is 6. The topological polar surface area (TPSA) is 60.2 Å². The maximum Gasteiger partial charge on any atom is 0.184 e. The summed E-state index contributed by atoms with van der Waals surface area (Å²) in [6.45, 7) is 2.54. The van der Waals surface area contributed by atoms with E-state index in [1.165, 1.54) is 21.7 Å². The molecule has 1 aliphatic carbocycles. The fourth-order valence-corrected chi connectivity index (χ4v) is 4.68.